The van der Waals surface area contributed by atoms with Crippen molar-refractivity contribution in [1.82, 2.24) is 0 Å². The van der Waals surface area contributed by atoms with Crippen molar-refractivity contribution < 1.29 is 32.8 Å². The number of fused-ring (bicyclic) bond motifs is 2. The van der Waals surface area contributed by atoms with Gasteiger partial charge in [-0.05, 0) is 0 Å². The lowest BCUT2D eigenvalue weighted by Crippen LogP contribution is -2.22. The van der Waals surface area contributed by atoms with Gasteiger partial charge in [0.25, 0.3) is 10.1 Å². The van der Waals surface area contributed by atoms with Crippen LogP contribution in [0.4, 0.5) is 0 Å². The van der Waals surface area contributed by atoms with E-state index in [1.807, 2.05) is 0 Å². The summed E-state index contributed by atoms with van der Waals surface area (Å²) in [6.45, 7) is 0. The third-order valence-corrected chi connectivity index (χ3v) is 4.26. The number of phenols is 2. The first-order valence-corrected chi connectivity index (χ1v) is 7.42. The van der Waals surface area contributed by atoms with Crippen LogP contribution in [0.25, 0.3) is 0 Å². The van der Waals surface area contributed by atoms with Crippen LogP contribution >= 0.6 is 0 Å². The number of ketones is 2. The van der Waals surface area contributed by atoms with Gasteiger partial charge in [0.2, 0.25) is 0 Å². The molecule has 118 valence electrons. The highest BCUT2D eigenvalue weighted by Crippen LogP contribution is 2.41. The standard InChI is InChI=1S/C14H8O7S.Al.3H/c15-8-5-9(22(19,20)21)14(18)11-10(8)12(16)6-3-1-2-4-7(6)13(11)17;;;;/h1-5,15,18H,(H,19,20,21);;;;. The zero-order valence-electron chi connectivity index (χ0n) is 10.8. The molecular formula is C14H11AlO7S. The molecule has 2 aromatic rings. The van der Waals surface area contributed by atoms with E-state index in [0.717, 1.165) is 0 Å². The second kappa shape index (κ2) is 5.47. The minimum absolute atomic E-state index is 0. The summed E-state index contributed by atoms with van der Waals surface area (Å²) in [6, 6.07) is 6.28. The van der Waals surface area contributed by atoms with E-state index in [-0.39, 0.29) is 28.5 Å². The van der Waals surface area contributed by atoms with Gasteiger partial charge >= 0.3 is 0 Å². The van der Waals surface area contributed by atoms with Crippen molar-refractivity contribution in [1.29, 1.82) is 0 Å². The summed E-state index contributed by atoms with van der Waals surface area (Å²) in [4.78, 5) is 23.7. The van der Waals surface area contributed by atoms with Gasteiger partial charge in [-0.25, -0.2) is 0 Å². The normalized spacial score (nSPS) is 13.1. The van der Waals surface area contributed by atoms with Gasteiger partial charge in [0.05, 0.1) is 11.1 Å². The number of rotatable bonds is 1. The number of phenolic OH excluding ortho intramolecular Hbond substituents is 2. The van der Waals surface area contributed by atoms with Crippen LogP contribution in [-0.4, -0.2) is 52.1 Å². The Hall–Kier alpha value is -2.18. The SMILES string of the molecule is O=C1c2ccccc2C(=O)c2c(O)c(S(=O)(=O)O)cc(O)c21.[AlH3]. The Kier molecular flexibility index (Phi) is 4.09. The van der Waals surface area contributed by atoms with Gasteiger partial charge in [0.1, 0.15) is 16.4 Å². The van der Waals surface area contributed by atoms with Crippen LogP contribution in [-0.2, 0) is 10.1 Å². The van der Waals surface area contributed by atoms with Crippen LogP contribution in [0.15, 0.2) is 35.2 Å². The quantitative estimate of drug-likeness (QED) is 0.318. The summed E-state index contributed by atoms with van der Waals surface area (Å²) in [7, 11) is -4.88. The molecule has 0 spiro atoms. The van der Waals surface area contributed by atoms with Crippen molar-refractivity contribution in [2.24, 2.45) is 0 Å². The number of carbonyl (C=O) groups excluding carboxylic acids is 2. The summed E-state index contributed by atoms with van der Waals surface area (Å²) in [5, 5.41) is 19.9. The van der Waals surface area contributed by atoms with Gasteiger partial charge < -0.3 is 10.2 Å². The molecule has 0 unspecified atom stereocenters. The van der Waals surface area contributed by atoms with E-state index < -0.39 is 49.2 Å². The maximum absolute atomic E-state index is 12.4. The molecule has 9 heteroatoms. The molecule has 7 nitrogen and oxygen atoms in total. The molecule has 0 heterocycles. The van der Waals surface area contributed by atoms with Gasteiger partial charge in [0, 0.05) is 17.2 Å². The average molecular weight is 350 g/mol. The number of hydrogen-bond donors (Lipinski definition) is 3. The predicted molar refractivity (Wildman–Crippen MR) is 82.8 cm³/mol. The zero-order chi connectivity index (χ0) is 16.2. The number of carbonyl (C=O) groups is 2. The van der Waals surface area contributed by atoms with Crippen LogP contribution in [0.3, 0.4) is 0 Å². The molecule has 23 heavy (non-hydrogen) atoms. The molecule has 0 fully saturated rings. The number of hydrogen-bond acceptors (Lipinski definition) is 6. The highest BCUT2D eigenvalue weighted by Gasteiger charge is 2.37. The molecule has 3 rings (SSSR count). The van der Waals surface area contributed by atoms with Crippen molar-refractivity contribution >= 4 is 39.0 Å². The Morgan fingerprint density at radius 1 is 0.870 bits per heavy atom. The third kappa shape index (κ3) is 2.44. The topological polar surface area (TPSA) is 129 Å². The van der Waals surface area contributed by atoms with Crippen LogP contribution in [0.5, 0.6) is 11.5 Å². The van der Waals surface area contributed by atoms with Crippen LogP contribution in [0, 0.1) is 0 Å². The summed E-state index contributed by atoms with van der Waals surface area (Å²) in [5.74, 6) is -3.42. The fraction of sp³-hybridized carbons (Fsp3) is 0. The van der Waals surface area contributed by atoms with E-state index in [9.17, 15) is 28.2 Å². The Bertz CT molecular complexity index is 963. The number of aromatic hydroxyl groups is 2. The Morgan fingerprint density at radius 2 is 1.35 bits per heavy atom. The van der Waals surface area contributed by atoms with E-state index in [1.165, 1.54) is 24.3 Å². The molecule has 0 atom stereocenters. The van der Waals surface area contributed by atoms with E-state index in [2.05, 4.69) is 0 Å². The molecule has 1 aliphatic carbocycles. The molecule has 0 radical (unpaired) electrons. The van der Waals surface area contributed by atoms with E-state index >= 15 is 0 Å². The van der Waals surface area contributed by atoms with Crippen LogP contribution in [0.2, 0.25) is 0 Å². The minimum atomic E-state index is -4.88. The molecule has 0 bridgehead atoms. The number of benzene rings is 2. The van der Waals surface area contributed by atoms with Crippen LogP contribution in [0.1, 0.15) is 31.8 Å². The molecule has 0 amide bonds. The zero-order valence-corrected chi connectivity index (χ0v) is 11.6. The first kappa shape index (κ1) is 17.2. The predicted octanol–water partition coefficient (Wildman–Crippen LogP) is -0.0640. The van der Waals surface area contributed by atoms with Crippen molar-refractivity contribution in [3.05, 3.63) is 52.6 Å². The first-order chi connectivity index (χ1) is 10.2. The van der Waals surface area contributed by atoms with E-state index in [4.69, 9.17) is 4.55 Å². The Morgan fingerprint density at radius 3 is 1.83 bits per heavy atom. The van der Waals surface area contributed by atoms with E-state index in [1.54, 1.807) is 0 Å². The van der Waals surface area contributed by atoms with Crippen molar-refractivity contribution in [3.8, 4) is 11.5 Å². The van der Waals surface area contributed by atoms with Gasteiger partial charge in [0.15, 0.2) is 28.9 Å². The van der Waals surface area contributed by atoms with Crippen molar-refractivity contribution in [2.75, 3.05) is 0 Å². The molecule has 0 aromatic heterocycles. The molecule has 0 saturated heterocycles. The average Bonchev–Trinajstić information content (AvgIpc) is 2.45. The van der Waals surface area contributed by atoms with Gasteiger partial charge in [-0.15, -0.1) is 0 Å². The molecule has 3 N–H and O–H groups in total. The fourth-order valence-electron chi connectivity index (χ4n) is 2.43. The van der Waals surface area contributed by atoms with Crippen molar-refractivity contribution in [2.45, 2.75) is 4.90 Å². The highest BCUT2D eigenvalue weighted by molar-refractivity contribution is 7.86. The lowest BCUT2D eigenvalue weighted by atomic mass is 9.83. The monoisotopic (exact) mass is 350 g/mol. The third-order valence-electron chi connectivity index (χ3n) is 3.39. The maximum Gasteiger partial charge on any atom is 0.298 e. The lowest BCUT2D eigenvalue weighted by Gasteiger charge is -2.20. The van der Waals surface area contributed by atoms with Crippen molar-refractivity contribution in [3.63, 3.8) is 0 Å². The highest BCUT2D eigenvalue weighted by atomic mass is 32.2. The molecule has 2 aromatic carbocycles. The van der Waals surface area contributed by atoms with Crippen LogP contribution < -0.4 is 0 Å². The Balaban J connectivity index is 0.00000192. The summed E-state index contributed by atoms with van der Waals surface area (Å²) in [5.41, 5.74) is -1.12. The van der Waals surface area contributed by atoms with Gasteiger partial charge in [-0.2, -0.15) is 8.42 Å². The largest absolute Gasteiger partial charge is 0.507 e. The van der Waals surface area contributed by atoms with Gasteiger partial charge in [-0.3, -0.25) is 14.1 Å². The maximum atomic E-state index is 12.4. The Labute approximate surface area is 141 Å². The second-order valence-corrected chi connectivity index (χ2v) is 6.06. The first-order valence-electron chi connectivity index (χ1n) is 5.98. The lowest BCUT2D eigenvalue weighted by molar-refractivity contribution is 0.0973. The molecular weight excluding hydrogens is 339 g/mol. The smallest absolute Gasteiger partial charge is 0.298 e. The van der Waals surface area contributed by atoms with E-state index in [0.29, 0.717) is 6.07 Å². The summed E-state index contributed by atoms with van der Waals surface area (Å²) >= 11 is 0. The molecule has 0 saturated carbocycles. The minimum Gasteiger partial charge on any atom is -0.507 e. The fourth-order valence-corrected chi connectivity index (χ4v) is 3.04. The second-order valence-electron chi connectivity index (χ2n) is 4.67. The summed E-state index contributed by atoms with van der Waals surface area (Å²) in [6.07, 6.45) is 0. The molecule has 1 aliphatic rings. The molecule has 0 aliphatic heterocycles. The summed E-state index contributed by atoms with van der Waals surface area (Å²) < 4.78 is 31.5. The van der Waals surface area contributed by atoms with Gasteiger partial charge in [-0.1, -0.05) is 24.3 Å².